The van der Waals surface area contributed by atoms with Crippen molar-refractivity contribution in [2.24, 2.45) is 0 Å². The lowest BCUT2D eigenvalue weighted by Crippen LogP contribution is -2.52. The van der Waals surface area contributed by atoms with E-state index in [0.717, 1.165) is 32.7 Å². The van der Waals surface area contributed by atoms with E-state index >= 15 is 0 Å². The first-order chi connectivity index (χ1) is 13.9. The fraction of sp³-hybridized carbons (Fsp3) is 0.714. The second kappa shape index (κ2) is 10.3. The summed E-state index contributed by atoms with van der Waals surface area (Å²) >= 11 is 0. The Hall–Kier alpha value is -1.03. The summed E-state index contributed by atoms with van der Waals surface area (Å²) < 4.78 is 32.8. The van der Waals surface area contributed by atoms with Crippen LogP contribution in [0.4, 0.5) is 0 Å². The first-order valence-electron chi connectivity index (χ1n) is 10.7. The third-order valence-corrected chi connectivity index (χ3v) is 7.99. The molecule has 7 nitrogen and oxygen atoms in total. The smallest absolute Gasteiger partial charge is 0.243 e. The molecule has 8 heteroatoms. The van der Waals surface area contributed by atoms with Crippen LogP contribution in [0.2, 0.25) is 0 Å². The molecule has 0 radical (unpaired) electrons. The van der Waals surface area contributed by atoms with Gasteiger partial charge in [-0.15, -0.1) is 0 Å². The van der Waals surface area contributed by atoms with E-state index < -0.39 is 16.1 Å². The van der Waals surface area contributed by atoms with Gasteiger partial charge in [-0.25, -0.2) is 8.42 Å². The van der Waals surface area contributed by atoms with Gasteiger partial charge in [0.25, 0.3) is 0 Å². The molecule has 0 aliphatic carbocycles. The summed E-state index contributed by atoms with van der Waals surface area (Å²) in [5.41, 5.74) is 1.17. The van der Waals surface area contributed by atoms with Crippen LogP contribution in [0.3, 0.4) is 0 Å². The zero-order chi connectivity index (χ0) is 20.9. The van der Waals surface area contributed by atoms with Crippen LogP contribution >= 0.6 is 0 Å². The number of sulfonamides is 1. The highest BCUT2D eigenvalue weighted by Gasteiger charge is 2.29. The van der Waals surface area contributed by atoms with Crippen molar-refractivity contribution >= 4 is 10.0 Å². The fourth-order valence-corrected chi connectivity index (χ4v) is 5.37. The van der Waals surface area contributed by atoms with Gasteiger partial charge in [-0.3, -0.25) is 9.80 Å². The molecule has 2 aliphatic rings. The number of aliphatic hydroxyl groups excluding tert-OH is 1. The van der Waals surface area contributed by atoms with Crippen molar-refractivity contribution in [3.05, 3.63) is 29.8 Å². The summed E-state index contributed by atoms with van der Waals surface area (Å²) in [4.78, 5) is 4.74. The van der Waals surface area contributed by atoms with Crippen LogP contribution < -0.4 is 0 Å². The molecule has 0 amide bonds. The Morgan fingerprint density at radius 3 is 2.07 bits per heavy atom. The Labute approximate surface area is 175 Å². The standard InChI is InChI=1S/C21H35N3O4S/c1-3-18(2)19-4-6-21(7-5-19)29(26,27)24-10-8-22(9-11-24)16-20(25)17-23-12-14-28-15-13-23/h4-7,18,20,25H,3,8-17H2,1-2H3. The van der Waals surface area contributed by atoms with Gasteiger partial charge in [-0.1, -0.05) is 26.0 Å². The van der Waals surface area contributed by atoms with Gasteiger partial charge in [0.1, 0.15) is 0 Å². The molecule has 1 N–H and O–H groups in total. The van der Waals surface area contributed by atoms with Crippen molar-refractivity contribution in [3.63, 3.8) is 0 Å². The molecule has 2 aliphatic heterocycles. The number of rotatable bonds is 8. The van der Waals surface area contributed by atoms with Gasteiger partial charge < -0.3 is 9.84 Å². The van der Waals surface area contributed by atoms with Crippen LogP contribution in [0.1, 0.15) is 31.7 Å². The molecule has 3 rings (SSSR count). The minimum atomic E-state index is -3.46. The van der Waals surface area contributed by atoms with E-state index in [-0.39, 0.29) is 0 Å². The third kappa shape index (κ3) is 5.99. The Kier molecular flexibility index (Phi) is 8.07. The molecule has 0 aromatic heterocycles. The lowest BCUT2D eigenvalue weighted by Gasteiger charge is -2.36. The van der Waals surface area contributed by atoms with E-state index in [4.69, 9.17) is 4.74 Å². The first-order valence-corrected chi connectivity index (χ1v) is 12.1. The highest BCUT2D eigenvalue weighted by atomic mass is 32.2. The lowest BCUT2D eigenvalue weighted by molar-refractivity contribution is 0.00469. The van der Waals surface area contributed by atoms with Gasteiger partial charge in [-0.05, 0) is 30.0 Å². The van der Waals surface area contributed by atoms with E-state index in [1.807, 2.05) is 12.1 Å². The Bertz CT molecular complexity index is 727. The summed E-state index contributed by atoms with van der Waals surface area (Å²) in [5.74, 6) is 0.430. The molecule has 0 saturated carbocycles. The van der Waals surface area contributed by atoms with Crippen molar-refractivity contribution < 1.29 is 18.3 Å². The molecule has 2 unspecified atom stereocenters. The maximum atomic E-state index is 13.0. The number of nitrogens with zero attached hydrogens (tertiary/aromatic N) is 3. The summed E-state index contributed by atoms with van der Waals surface area (Å²) in [6, 6.07) is 7.32. The van der Waals surface area contributed by atoms with E-state index in [1.54, 1.807) is 16.4 Å². The Morgan fingerprint density at radius 2 is 1.52 bits per heavy atom. The van der Waals surface area contributed by atoms with Crippen molar-refractivity contribution in [1.82, 2.24) is 14.1 Å². The minimum Gasteiger partial charge on any atom is -0.390 e. The number of hydrogen-bond donors (Lipinski definition) is 1. The largest absolute Gasteiger partial charge is 0.390 e. The van der Waals surface area contributed by atoms with Crippen LogP contribution in [0.5, 0.6) is 0 Å². The zero-order valence-corrected chi connectivity index (χ0v) is 18.5. The number of hydrogen-bond acceptors (Lipinski definition) is 6. The summed E-state index contributed by atoms with van der Waals surface area (Å²) in [6.07, 6.45) is 0.607. The maximum absolute atomic E-state index is 13.0. The molecule has 1 aromatic carbocycles. The Balaban J connectivity index is 1.50. The second-order valence-corrected chi connectivity index (χ2v) is 10.1. The van der Waals surface area contributed by atoms with Crippen LogP contribution in [-0.4, -0.2) is 99.3 Å². The van der Waals surface area contributed by atoms with Crippen LogP contribution in [0, 0.1) is 0 Å². The predicted octanol–water partition coefficient (Wildman–Crippen LogP) is 1.20. The number of aliphatic hydroxyl groups is 1. The molecule has 0 bridgehead atoms. The SMILES string of the molecule is CCC(C)c1ccc(S(=O)(=O)N2CCN(CC(O)CN3CCOCC3)CC2)cc1. The predicted molar refractivity (Wildman–Crippen MR) is 114 cm³/mol. The average Bonchev–Trinajstić information content (AvgIpc) is 2.74. The van der Waals surface area contributed by atoms with Crippen molar-refractivity contribution in [2.45, 2.75) is 37.2 Å². The highest BCUT2D eigenvalue weighted by molar-refractivity contribution is 7.89. The molecule has 1 aromatic rings. The lowest BCUT2D eigenvalue weighted by atomic mass is 9.99. The average molecular weight is 426 g/mol. The quantitative estimate of drug-likeness (QED) is 0.675. The number of morpholine rings is 1. The third-order valence-electron chi connectivity index (χ3n) is 6.07. The monoisotopic (exact) mass is 425 g/mol. The number of piperazine rings is 1. The molecule has 2 fully saturated rings. The molecular weight excluding hydrogens is 390 g/mol. The van der Waals surface area contributed by atoms with Gasteiger partial charge >= 0.3 is 0 Å². The van der Waals surface area contributed by atoms with Gasteiger partial charge in [0, 0.05) is 52.4 Å². The summed E-state index contributed by atoms with van der Waals surface area (Å²) in [6.45, 7) is 10.9. The molecule has 2 saturated heterocycles. The van der Waals surface area contributed by atoms with Gasteiger partial charge in [0.05, 0.1) is 24.2 Å². The van der Waals surface area contributed by atoms with E-state index in [0.29, 0.717) is 50.1 Å². The first kappa shape index (κ1) is 22.7. The van der Waals surface area contributed by atoms with E-state index in [9.17, 15) is 13.5 Å². The topological polar surface area (TPSA) is 73.3 Å². The highest BCUT2D eigenvalue weighted by Crippen LogP contribution is 2.23. The van der Waals surface area contributed by atoms with Gasteiger partial charge in [0.15, 0.2) is 0 Å². The molecule has 29 heavy (non-hydrogen) atoms. The fourth-order valence-electron chi connectivity index (χ4n) is 3.94. The number of benzene rings is 1. The molecule has 164 valence electrons. The van der Waals surface area contributed by atoms with E-state index in [2.05, 4.69) is 23.6 Å². The number of ether oxygens (including phenoxy) is 1. The maximum Gasteiger partial charge on any atom is 0.243 e. The molecule has 0 spiro atoms. The Morgan fingerprint density at radius 1 is 0.966 bits per heavy atom. The van der Waals surface area contributed by atoms with Gasteiger partial charge in [0.2, 0.25) is 10.0 Å². The van der Waals surface area contributed by atoms with Crippen molar-refractivity contribution in [3.8, 4) is 0 Å². The normalized spacial score (nSPS) is 22.4. The van der Waals surface area contributed by atoms with Crippen LogP contribution in [-0.2, 0) is 14.8 Å². The van der Waals surface area contributed by atoms with Gasteiger partial charge in [-0.2, -0.15) is 4.31 Å². The van der Waals surface area contributed by atoms with Crippen LogP contribution in [0.25, 0.3) is 0 Å². The second-order valence-electron chi connectivity index (χ2n) is 8.15. The van der Waals surface area contributed by atoms with Crippen LogP contribution in [0.15, 0.2) is 29.2 Å². The van der Waals surface area contributed by atoms with E-state index in [1.165, 1.54) is 5.56 Å². The molecule has 2 heterocycles. The minimum absolute atomic E-state index is 0.366. The van der Waals surface area contributed by atoms with Crippen molar-refractivity contribution in [2.75, 3.05) is 65.6 Å². The summed E-state index contributed by atoms with van der Waals surface area (Å²) in [7, 11) is -3.46. The summed E-state index contributed by atoms with van der Waals surface area (Å²) in [5, 5.41) is 10.4. The van der Waals surface area contributed by atoms with Crippen molar-refractivity contribution in [1.29, 1.82) is 0 Å². The number of β-amino-alcohol motifs (C(OH)–C–C–N with tert-alkyl or cyclic N) is 1. The molecule has 2 atom stereocenters. The zero-order valence-electron chi connectivity index (χ0n) is 17.7. The molecular formula is C21H35N3O4S.